The van der Waals surface area contributed by atoms with E-state index in [1.54, 1.807) is 40.9 Å². The van der Waals surface area contributed by atoms with Crippen LogP contribution in [0.2, 0.25) is 0 Å². The van der Waals surface area contributed by atoms with Crippen LogP contribution in [-0.2, 0) is 6.54 Å². The van der Waals surface area contributed by atoms with E-state index in [0.29, 0.717) is 40.4 Å². The van der Waals surface area contributed by atoms with Crippen LogP contribution in [0.3, 0.4) is 0 Å². The number of benzene rings is 1. The molecule has 10 nitrogen and oxygen atoms in total. The Morgan fingerprint density at radius 1 is 1.22 bits per heavy atom. The summed E-state index contributed by atoms with van der Waals surface area (Å²) in [6, 6.07) is 12.1. The number of nitrogens with two attached hydrogens (primary N) is 1. The highest BCUT2D eigenvalue weighted by Crippen LogP contribution is 2.28. The van der Waals surface area contributed by atoms with Crippen LogP contribution in [0.5, 0.6) is 5.88 Å². The number of aromatic nitrogens is 4. The lowest BCUT2D eigenvalue weighted by atomic mass is 9.80. The van der Waals surface area contributed by atoms with Crippen molar-refractivity contribution in [2.45, 2.75) is 13.5 Å². The van der Waals surface area contributed by atoms with Gasteiger partial charge in [-0.2, -0.15) is 0 Å². The van der Waals surface area contributed by atoms with Gasteiger partial charge in [0.2, 0.25) is 5.82 Å². The number of methoxy groups -OCH3 is 1. The monoisotopic (exact) mass is 432 g/mol. The van der Waals surface area contributed by atoms with E-state index in [1.807, 2.05) is 19.1 Å². The van der Waals surface area contributed by atoms with Crippen molar-refractivity contribution in [3.63, 3.8) is 0 Å². The second-order valence-corrected chi connectivity index (χ2v) is 7.18. The number of fused-ring (bicyclic) bond motifs is 1. The Hall–Kier alpha value is -3.96. The SMILES string of the molecule is COc1nnc(-c2c(C)cc3c(C(N)=O)cccn23)nc1NCc1cccc(B(O)O)c1. The van der Waals surface area contributed by atoms with Gasteiger partial charge in [-0.25, -0.2) is 4.98 Å². The fraction of sp³-hybridized carbons (Fsp3) is 0.143. The first-order valence-corrected chi connectivity index (χ1v) is 9.77. The molecule has 3 aromatic heterocycles. The molecule has 32 heavy (non-hydrogen) atoms. The third-order valence-electron chi connectivity index (χ3n) is 5.04. The second kappa shape index (κ2) is 8.65. The van der Waals surface area contributed by atoms with Crippen LogP contribution in [0.4, 0.5) is 5.82 Å². The minimum Gasteiger partial charge on any atom is -0.477 e. The van der Waals surface area contributed by atoms with Crippen molar-refractivity contribution in [2.24, 2.45) is 5.73 Å². The molecule has 4 rings (SSSR count). The van der Waals surface area contributed by atoms with E-state index < -0.39 is 13.0 Å². The van der Waals surface area contributed by atoms with Crippen molar-refractivity contribution in [3.05, 3.63) is 65.4 Å². The molecule has 0 spiro atoms. The summed E-state index contributed by atoms with van der Waals surface area (Å²) in [7, 11) is -0.0798. The molecule has 0 saturated carbocycles. The third-order valence-corrected chi connectivity index (χ3v) is 5.04. The quantitative estimate of drug-likeness (QED) is 0.309. The Bertz CT molecular complexity index is 1310. The smallest absolute Gasteiger partial charge is 0.477 e. The number of aryl methyl sites for hydroxylation is 1. The van der Waals surface area contributed by atoms with Crippen LogP contribution in [0.1, 0.15) is 21.5 Å². The van der Waals surface area contributed by atoms with Crippen LogP contribution in [0, 0.1) is 6.92 Å². The average molecular weight is 432 g/mol. The molecule has 0 aliphatic rings. The highest BCUT2D eigenvalue weighted by Gasteiger charge is 2.19. The first-order chi connectivity index (χ1) is 15.4. The molecule has 1 aromatic carbocycles. The largest absolute Gasteiger partial charge is 0.488 e. The molecule has 0 aliphatic carbocycles. The normalized spacial score (nSPS) is 10.9. The van der Waals surface area contributed by atoms with Gasteiger partial charge in [0, 0.05) is 12.7 Å². The van der Waals surface area contributed by atoms with E-state index in [9.17, 15) is 14.8 Å². The molecule has 5 N–H and O–H groups in total. The molecule has 0 saturated heterocycles. The maximum atomic E-state index is 11.8. The summed E-state index contributed by atoms with van der Waals surface area (Å²) in [5, 5.41) is 30.3. The third kappa shape index (κ3) is 3.98. The topological polar surface area (TPSA) is 148 Å². The molecule has 4 aromatic rings. The molecule has 11 heteroatoms. The Kier molecular flexibility index (Phi) is 5.76. The van der Waals surface area contributed by atoms with Crippen LogP contribution in [0.15, 0.2) is 48.7 Å². The number of nitrogens with zero attached hydrogens (tertiary/aromatic N) is 4. The zero-order valence-electron chi connectivity index (χ0n) is 17.5. The number of nitrogens with one attached hydrogen (secondary N) is 1. The minimum absolute atomic E-state index is 0.212. The summed E-state index contributed by atoms with van der Waals surface area (Å²) >= 11 is 0. The van der Waals surface area contributed by atoms with Crippen molar-refractivity contribution < 1.29 is 19.6 Å². The standard InChI is InChI=1S/C21H21BN6O4/c1-12-9-16-15(18(23)29)7-4-8-28(16)17(12)19-25-20(21(32-2)27-26-19)24-11-13-5-3-6-14(10-13)22(30)31/h3-10,30-31H,11H2,1-2H3,(H2,23,29)(H,24,25,26). The molecule has 3 heterocycles. The summed E-state index contributed by atoms with van der Waals surface area (Å²) in [4.78, 5) is 16.4. The fourth-order valence-corrected chi connectivity index (χ4v) is 3.54. The lowest BCUT2D eigenvalue weighted by Crippen LogP contribution is -2.30. The van der Waals surface area contributed by atoms with Gasteiger partial charge in [-0.05, 0) is 41.7 Å². The summed E-state index contributed by atoms with van der Waals surface area (Å²) in [6.45, 7) is 2.23. The number of rotatable bonds is 7. The van der Waals surface area contributed by atoms with Crippen molar-refractivity contribution in [2.75, 3.05) is 12.4 Å². The zero-order valence-corrected chi connectivity index (χ0v) is 17.5. The number of primary amides is 1. The van der Waals surface area contributed by atoms with Crippen molar-refractivity contribution in [3.8, 4) is 17.4 Å². The van der Waals surface area contributed by atoms with Gasteiger partial charge >= 0.3 is 7.12 Å². The molecule has 0 fully saturated rings. The van der Waals surface area contributed by atoms with Crippen LogP contribution < -0.4 is 21.3 Å². The Balaban J connectivity index is 1.72. The first-order valence-electron chi connectivity index (χ1n) is 9.77. The number of pyridine rings is 1. The lowest BCUT2D eigenvalue weighted by molar-refractivity contribution is 0.100. The number of carbonyl (C=O) groups excluding carboxylic acids is 1. The Labute approximate surface area is 183 Å². The molecule has 0 bridgehead atoms. The second-order valence-electron chi connectivity index (χ2n) is 7.18. The molecular formula is C21H21BN6O4. The van der Waals surface area contributed by atoms with E-state index in [-0.39, 0.29) is 5.88 Å². The molecule has 162 valence electrons. The molecule has 0 unspecified atom stereocenters. The summed E-state index contributed by atoms with van der Waals surface area (Å²) in [5.74, 6) is 0.397. The predicted molar refractivity (Wildman–Crippen MR) is 120 cm³/mol. The van der Waals surface area contributed by atoms with Crippen LogP contribution >= 0.6 is 0 Å². The minimum atomic E-state index is -1.55. The molecule has 0 atom stereocenters. The van der Waals surface area contributed by atoms with Gasteiger partial charge in [-0.3, -0.25) is 4.79 Å². The molecule has 0 aliphatic heterocycles. The predicted octanol–water partition coefficient (Wildman–Crippen LogP) is 0.499. The number of ether oxygens (including phenoxy) is 1. The number of carbonyl (C=O) groups is 1. The average Bonchev–Trinajstić information content (AvgIpc) is 3.13. The van der Waals surface area contributed by atoms with Gasteiger partial charge < -0.3 is 30.2 Å². The van der Waals surface area contributed by atoms with E-state index in [4.69, 9.17) is 10.5 Å². The molecule has 0 radical (unpaired) electrons. The molecule has 1 amide bonds. The van der Waals surface area contributed by atoms with Crippen LogP contribution in [-0.4, -0.2) is 49.8 Å². The maximum Gasteiger partial charge on any atom is 0.488 e. The first kappa shape index (κ1) is 21.3. The number of hydrogen-bond donors (Lipinski definition) is 4. The molecular weight excluding hydrogens is 411 g/mol. The van der Waals surface area contributed by atoms with Gasteiger partial charge in [0.05, 0.1) is 23.9 Å². The number of hydrogen-bond acceptors (Lipinski definition) is 8. The summed E-state index contributed by atoms with van der Waals surface area (Å²) in [6.07, 6.45) is 1.80. The number of anilines is 1. The highest BCUT2D eigenvalue weighted by molar-refractivity contribution is 6.58. The number of amides is 1. The summed E-state index contributed by atoms with van der Waals surface area (Å²) in [5.41, 5.74) is 9.28. The van der Waals surface area contributed by atoms with Gasteiger partial charge in [-0.15, -0.1) is 10.2 Å². The zero-order chi connectivity index (χ0) is 22.8. The van der Waals surface area contributed by atoms with E-state index >= 15 is 0 Å². The fourth-order valence-electron chi connectivity index (χ4n) is 3.54. The van der Waals surface area contributed by atoms with Crippen molar-refractivity contribution in [1.29, 1.82) is 0 Å². The highest BCUT2D eigenvalue weighted by atomic mass is 16.5. The maximum absolute atomic E-state index is 11.8. The van der Waals surface area contributed by atoms with Gasteiger partial charge in [0.25, 0.3) is 11.8 Å². The lowest BCUT2D eigenvalue weighted by Gasteiger charge is -2.11. The van der Waals surface area contributed by atoms with E-state index in [2.05, 4.69) is 20.5 Å². The Morgan fingerprint density at radius 3 is 2.75 bits per heavy atom. The van der Waals surface area contributed by atoms with Gasteiger partial charge in [0.15, 0.2) is 5.82 Å². The van der Waals surface area contributed by atoms with E-state index in [0.717, 1.165) is 11.1 Å². The van der Waals surface area contributed by atoms with Gasteiger partial charge in [-0.1, -0.05) is 24.3 Å². The van der Waals surface area contributed by atoms with Crippen molar-refractivity contribution in [1.82, 2.24) is 19.6 Å². The van der Waals surface area contributed by atoms with Crippen molar-refractivity contribution >= 4 is 29.8 Å². The van der Waals surface area contributed by atoms with E-state index in [1.165, 1.54) is 7.11 Å². The summed E-state index contributed by atoms with van der Waals surface area (Å²) < 4.78 is 7.09. The Morgan fingerprint density at radius 2 is 2.03 bits per heavy atom. The van der Waals surface area contributed by atoms with Crippen LogP contribution in [0.25, 0.3) is 17.0 Å². The van der Waals surface area contributed by atoms with Gasteiger partial charge in [0.1, 0.15) is 0 Å².